The Bertz CT molecular complexity index is 594. The molecule has 1 aromatic rings. The minimum atomic E-state index is -1.11. The zero-order valence-electron chi connectivity index (χ0n) is 13.2. The fraction of sp³-hybridized carbons (Fsp3) is 0.438. The third-order valence-electron chi connectivity index (χ3n) is 3.42. The number of nitrogens with zero attached hydrogens (tertiary/aromatic N) is 1. The smallest absolute Gasteiger partial charge is 0.331 e. The fourth-order valence-electron chi connectivity index (χ4n) is 1.79. The van der Waals surface area contributed by atoms with Crippen molar-refractivity contribution in [2.75, 3.05) is 7.11 Å². The van der Waals surface area contributed by atoms with Gasteiger partial charge in [0.15, 0.2) is 6.10 Å². The number of esters is 1. The Morgan fingerprint density at radius 3 is 2.59 bits per heavy atom. The minimum Gasteiger partial charge on any atom is -0.480 e. The molecule has 0 aliphatic heterocycles. The molecule has 0 radical (unpaired) electrons. The van der Waals surface area contributed by atoms with E-state index in [4.69, 9.17) is 14.7 Å². The fourth-order valence-corrected chi connectivity index (χ4v) is 1.79. The SMILES string of the molecule is CC[C@@](C)(NC(=O)[C@H](C)Oc1ccccc1C#N)C(=O)OC. The number of ether oxygens (including phenoxy) is 2. The minimum absolute atomic E-state index is 0.323. The number of carbonyl (C=O) groups excluding carboxylic acids is 2. The van der Waals surface area contributed by atoms with Crippen molar-refractivity contribution in [1.82, 2.24) is 5.32 Å². The van der Waals surface area contributed by atoms with Crippen molar-refractivity contribution in [3.8, 4) is 11.8 Å². The van der Waals surface area contributed by atoms with Crippen molar-refractivity contribution >= 4 is 11.9 Å². The average Bonchev–Trinajstić information content (AvgIpc) is 2.54. The van der Waals surface area contributed by atoms with Crippen LogP contribution in [-0.2, 0) is 14.3 Å². The van der Waals surface area contributed by atoms with Crippen molar-refractivity contribution in [3.05, 3.63) is 29.8 Å². The van der Waals surface area contributed by atoms with Crippen molar-refractivity contribution in [2.24, 2.45) is 0 Å². The highest BCUT2D eigenvalue weighted by molar-refractivity contribution is 5.89. The predicted octanol–water partition coefficient (Wildman–Crippen LogP) is 1.78. The Labute approximate surface area is 130 Å². The Hall–Kier alpha value is -2.55. The summed E-state index contributed by atoms with van der Waals surface area (Å²) in [5.74, 6) is -0.653. The summed E-state index contributed by atoms with van der Waals surface area (Å²) in [6.45, 7) is 4.91. The van der Waals surface area contributed by atoms with Crippen LogP contribution in [-0.4, -0.2) is 30.6 Å². The van der Waals surface area contributed by atoms with Gasteiger partial charge < -0.3 is 14.8 Å². The molecule has 0 saturated heterocycles. The number of amides is 1. The van der Waals surface area contributed by atoms with Gasteiger partial charge in [0.2, 0.25) is 0 Å². The third-order valence-corrected chi connectivity index (χ3v) is 3.42. The lowest BCUT2D eigenvalue weighted by atomic mass is 9.99. The summed E-state index contributed by atoms with van der Waals surface area (Å²) in [5, 5.41) is 11.6. The number of carbonyl (C=O) groups is 2. The molecule has 1 N–H and O–H groups in total. The van der Waals surface area contributed by atoms with E-state index in [0.717, 1.165) is 0 Å². The summed E-state index contributed by atoms with van der Waals surface area (Å²) in [5.41, 5.74) is -0.772. The molecule has 6 nitrogen and oxygen atoms in total. The molecule has 6 heteroatoms. The first-order valence-electron chi connectivity index (χ1n) is 6.94. The van der Waals surface area contributed by atoms with Gasteiger partial charge in [0.05, 0.1) is 12.7 Å². The van der Waals surface area contributed by atoms with Crippen LogP contribution in [0.3, 0.4) is 0 Å². The Morgan fingerprint density at radius 2 is 2.05 bits per heavy atom. The van der Waals surface area contributed by atoms with E-state index in [1.807, 2.05) is 6.07 Å². The number of benzene rings is 1. The van der Waals surface area contributed by atoms with Crippen LogP contribution < -0.4 is 10.1 Å². The number of nitrogens with one attached hydrogen (secondary N) is 1. The van der Waals surface area contributed by atoms with Crippen molar-refractivity contribution < 1.29 is 19.1 Å². The molecule has 0 spiro atoms. The Morgan fingerprint density at radius 1 is 1.41 bits per heavy atom. The van der Waals surface area contributed by atoms with E-state index in [1.54, 1.807) is 45.0 Å². The lowest BCUT2D eigenvalue weighted by molar-refractivity contribution is -0.151. The molecular weight excluding hydrogens is 284 g/mol. The standard InChI is InChI=1S/C16H20N2O4/c1-5-16(3,15(20)21-4)18-14(19)11(2)22-13-9-7-6-8-12(13)10-17/h6-9,11H,5H2,1-4H3,(H,18,19)/t11-,16+/m0/s1. The zero-order chi connectivity index (χ0) is 16.8. The van der Waals surface area contributed by atoms with Gasteiger partial charge >= 0.3 is 5.97 Å². The first kappa shape index (κ1) is 17.5. The van der Waals surface area contributed by atoms with Crippen molar-refractivity contribution in [2.45, 2.75) is 38.8 Å². The third kappa shape index (κ3) is 3.98. The molecule has 2 atom stereocenters. The normalized spacial score (nSPS) is 14.1. The maximum atomic E-state index is 12.2. The van der Waals surface area contributed by atoms with Crippen LogP contribution >= 0.6 is 0 Å². The lowest BCUT2D eigenvalue weighted by Gasteiger charge is -2.28. The zero-order valence-corrected chi connectivity index (χ0v) is 13.2. The van der Waals surface area contributed by atoms with E-state index in [0.29, 0.717) is 17.7 Å². The molecule has 1 rings (SSSR count). The summed E-state index contributed by atoms with van der Waals surface area (Å²) >= 11 is 0. The highest BCUT2D eigenvalue weighted by Gasteiger charge is 2.35. The van der Waals surface area contributed by atoms with E-state index >= 15 is 0 Å². The number of para-hydroxylation sites is 1. The molecule has 22 heavy (non-hydrogen) atoms. The van der Waals surface area contributed by atoms with Gasteiger partial charge in [-0.05, 0) is 32.4 Å². The number of rotatable bonds is 6. The molecule has 1 aromatic carbocycles. The highest BCUT2D eigenvalue weighted by atomic mass is 16.5. The molecular formula is C16H20N2O4. The van der Waals surface area contributed by atoms with Crippen LogP contribution in [0.1, 0.15) is 32.8 Å². The Balaban J connectivity index is 2.81. The van der Waals surface area contributed by atoms with Gasteiger partial charge in [-0.25, -0.2) is 4.79 Å². The van der Waals surface area contributed by atoms with Crippen LogP contribution in [0, 0.1) is 11.3 Å². The van der Waals surface area contributed by atoms with Gasteiger partial charge in [0.1, 0.15) is 17.4 Å². The van der Waals surface area contributed by atoms with Gasteiger partial charge in [-0.3, -0.25) is 4.79 Å². The Kier molecular flexibility index (Phi) is 5.93. The first-order chi connectivity index (χ1) is 10.4. The van der Waals surface area contributed by atoms with Crippen LogP contribution in [0.5, 0.6) is 5.75 Å². The van der Waals surface area contributed by atoms with Crippen LogP contribution in [0.2, 0.25) is 0 Å². The molecule has 1 amide bonds. The predicted molar refractivity (Wildman–Crippen MR) is 80.1 cm³/mol. The summed E-state index contributed by atoms with van der Waals surface area (Å²) < 4.78 is 10.2. The van der Waals surface area contributed by atoms with E-state index in [2.05, 4.69) is 5.32 Å². The van der Waals surface area contributed by atoms with Gasteiger partial charge in [-0.2, -0.15) is 5.26 Å². The van der Waals surface area contributed by atoms with E-state index in [9.17, 15) is 9.59 Å². The second-order valence-electron chi connectivity index (χ2n) is 5.03. The van der Waals surface area contributed by atoms with E-state index < -0.39 is 23.5 Å². The number of methoxy groups -OCH3 is 1. The van der Waals surface area contributed by atoms with E-state index in [1.165, 1.54) is 7.11 Å². The van der Waals surface area contributed by atoms with Gasteiger partial charge in [0, 0.05) is 0 Å². The van der Waals surface area contributed by atoms with Crippen LogP contribution in [0.25, 0.3) is 0 Å². The highest BCUT2D eigenvalue weighted by Crippen LogP contribution is 2.19. The monoisotopic (exact) mass is 304 g/mol. The van der Waals surface area contributed by atoms with E-state index in [-0.39, 0.29) is 0 Å². The number of hydrogen-bond donors (Lipinski definition) is 1. The maximum Gasteiger partial charge on any atom is 0.331 e. The lowest BCUT2D eigenvalue weighted by Crippen LogP contribution is -2.55. The molecule has 0 aliphatic rings. The topological polar surface area (TPSA) is 88.4 Å². The first-order valence-corrected chi connectivity index (χ1v) is 6.94. The summed E-state index contributed by atoms with van der Waals surface area (Å²) in [6, 6.07) is 8.63. The maximum absolute atomic E-state index is 12.2. The van der Waals surface area contributed by atoms with Crippen molar-refractivity contribution in [3.63, 3.8) is 0 Å². The van der Waals surface area contributed by atoms with Gasteiger partial charge in [0.25, 0.3) is 5.91 Å². The molecule has 0 heterocycles. The quantitative estimate of drug-likeness (QED) is 0.809. The molecule has 0 saturated carbocycles. The molecule has 0 aliphatic carbocycles. The molecule has 0 fully saturated rings. The molecule has 0 aromatic heterocycles. The second kappa shape index (κ2) is 7.46. The molecule has 118 valence electrons. The molecule has 0 unspecified atom stereocenters. The number of nitriles is 1. The largest absolute Gasteiger partial charge is 0.480 e. The average molecular weight is 304 g/mol. The van der Waals surface area contributed by atoms with Gasteiger partial charge in [-0.1, -0.05) is 19.1 Å². The van der Waals surface area contributed by atoms with Crippen LogP contribution in [0.15, 0.2) is 24.3 Å². The molecule has 0 bridgehead atoms. The van der Waals surface area contributed by atoms with Crippen molar-refractivity contribution in [1.29, 1.82) is 5.26 Å². The number of hydrogen-bond acceptors (Lipinski definition) is 5. The summed E-state index contributed by atoms with van der Waals surface area (Å²) in [6.07, 6.45) is -0.475. The summed E-state index contributed by atoms with van der Waals surface area (Å²) in [4.78, 5) is 24.0. The van der Waals surface area contributed by atoms with Gasteiger partial charge in [-0.15, -0.1) is 0 Å². The second-order valence-corrected chi connectivity index (χ2v) is 5.03. The summed E-state index contributed by atoms with van der Waals surface area (Å²) in [7, 11) is 1.27. The van der Waals surface area contributed by atoms with Crippen LogP contribution in [0.4, 0.5) is 0 Å².